The van der Waals surface area contributed by atoms with Gasteiger partial charge in [-0.15, -0.1) is 0 Å². The van der Waals surface area contributed by atoms with Crippen molar-refractivity contribution >= 4 is 11.8 Å². The van der Waals surface area contributed by atoms with Crippen molar-refractivity contribution in [1.29, 1.82) is 0 Å². The maximum Gasteiger partial charge on any atom is 0.245 e. The molecule has 2 amide bonds. The van der Waals surface area contributed by atoms with Crippen LogP contribution in [-0.4, -0.2) is 29.6 Å². The van der Waals surface area contributed by atoms with E-state index < -0.39 is 24.5 Å². The number of rotatable bonds is 10. The Morgan fingerprint density at radius 3 is 2.47 bits per heavy atom. The summed E-state index contributed by atoms with van der Waals surface area (Å²) in [5, 5.41) is 14.7. The van der Waals surface area contributed by atoms with Crippen LogP contribution in [0, 0.1) is 11.2 Å². The minimum atomic E-state index is -1.08. The lowest BCUT2D eigenvalue weighted by atomic mass is 9.72. The van der Waals surface area contributed by atoms with Crippen LogP contribution in [-0.2, 0) is 16.1 Å². The van der Waals surface area contributed by atoms with E-state index >= 15 is 0 Å². The van der Waals surface area contributed by atoms with Crippen molar-refractivity contribution in [2.75, 3.05) is 6.61 Å². The summed E-state index contributed by atoms with van der Waals surface area (Å²) >= 11 is 0. The molecule has 6 heteroatoms. The van der Waals surface area contributed by atoms with Gasteiger partial charge in [-0.3, -0.25) is 9.59 Å². The van der Waals surface area contributed by atoms with Gasteiger partial charge in [-0.05, 0) is 74.3 Å². The van der Waals surface area contributed by atoms with Crippen molar-refractivity contribution in [3.8, 4) is 0 Å². The molecule has 0 bridgehead atoms. The zero-order chi connectivity index (χ0) is 26.7. The highest BCUT2D eigenvalue weighted by molar-refractivity contribution is 5.93. The smallest absolute Gasteiger partial charge is 0.245 e. The van der Waals surface area contributed by atoms with E-state index in [1.165, 1.54) is 42.2 Å². The third kappa shape index (κ3) is 9.42. The third-order valence-electron chi connectivity index (χ3n) is 6.33. The number of carbonyl (C=O) groups is 2. The Labute approximate surface area is 214 Å². The molecule has 1 unspecified atom stereocenters. The van der Waals surface area contributed by atoms with Crippen LogP contribution in [0.5, 0.6) is 0 Å². The minimum Gasteiger partial charge on any atom is -0.394 e. The minimum absolute atomic E-state index is 0.164. The maximum absolute atomic E-state index is 13.0. The number of halogens is 1. The first-order chi connectivity index (χ1) is 17.0. The first kappa shape index (κ1) is 29.0. The largest absolute Gasteiger partial charge is 0.394 e. The number of allylic oxidation sites excluding steroid dienone is 9. The van der Waals surface area contributed by atoms with Gasteiger partial charge in [-0.1, -0.05) is 67.5 Å². The van der Waals surface area contributed by atoms with Crippen LogP contribution in [0.4, 0.5) is 4.39 Å². The lowest BCUT2D eigenvalue weighted by molar-refractivity contribution is -0.128. The molecular formula is C30H39FN2O3. The van der Waals surface area contributed by atoms with E-state index in [4.69, 9.17) is 0 Å². The average Bonchev–Trinajstić information content (AvgIpc) is 2.81. The van der Waals surface area contributed by atoms with Crippen LogP contribution in [0.15, 0.2) is 83.0 Å². The average molecular weight is 495 g/mol. The van der Waals surface area contributed by atoms with Gasteiger partial charge in [-0.25, -0.2) is 4.39 Å². The molecule has 1 aliphatic carbocycles. The van der Waals surface area contributed by atoms with Crippen LogP contribution in [0.3, 0.4) is 0 Å². The van der Waals surface area contributed by atoms with Gasteiger partial charge >= 0.3 is 0 Å². The van der Waals surface area contributed by atoms with Crippen molar-refractivity contribution in [2.24, 2.45) is 5.41 Å². The SMILES string of the molecule is CC(C=CC1=C(C)CCCC1(C)C)=CC=CC(C)=CC(=O)NC(CO)C(=O)NCc1ccc(F)cc1. The summed E-state index contributed by atoms with van der Waals surface area (Å²) in [6.45, 7) is 10.3. The Kier molecular flexibility index (Phi) is 11.1. The van der Waals surface area contributed by atoms with E-state index in [1.807, 2.05) is 25.2 Å². The topological polar surface area (TPSA) is 78.4 Å². The van der Waals surface area contributed by atoms with Crippen molar-refractivity contribution in [3.05, 3.63) is 94.4 Å². The fourth-order valence-electron chi connectivity index (χ4n) is 4.21. The Hall–Kier alpha value is -3.25. The van der Waals surface area contributed by atoms with E-state index in [-0.39, 0.29) is 17.8 Å². The van der Waals surface area contributed by atoms with Crippen LogP contribution in [0.1, 0.15) is 59.4 Å². The van der Waals surface area contributed by atoms with Crippen LogP contribution in [0.2, 0.25) is 0 Å². The number of amides is 2. The molecule has 0 radical (unpaired) electrons. The summed E-state index contributed by atoms with van der Waals surface area (Å²) in [6, 6.07) is 4.64. The molecular weight excluding hydrogens is 455 g/mol. The molecule has 0 fully saturated rings. The van der Waals surface area contributed by atoms with Crippen molar-refractivity contribution in [3.63, 3.8) is 0 Å². The number of aliphatic hydroxyl groups excluding tert-OH is 1. The molecule has 1 atom stereocenters. The van der Waals surface area contributed by atoms with Gasteiger partial charge < -0.3 is 15.7 Å². The maximum atomic E-state index is 13.0. The standard InChI is InChI=1S/C30H39FN2O3/c1-21(11-16-26-23(3)10-7-17-30(26,4)5)8-6-9-22(2)18-28(35)33-27(20-34)29(36)32-19-24-12-14-25(31)15-13-24/h6,8-9,11-16,18,27,34H,7,10,17,19-20H2,1-5H3,(H,32,36)(H,33,35). The van der Waals surface area contributed by atoms with Crippen molar-refractivity contribution in [1.82, 2.24) is 10.6 Å². The molecule has 0 saturated heterocycles. The van der Waals surface area contributed by atoms with Gasteiger partial charge in [0.15, 0.2) is 0 Å². The van der Waals surface area contributed by atoms with Gasteiger partial charge in [0.05, 0.1) is 6.61 Å². The normalized spacial score (nSPS) is 17.5. The van der Waals surface area contributed by atoms with Gasteiger partial charge in [0, 0.05) is 12.6 Å². The summed E-state index contributed by atoms with van der Waals surface area (Å²) < 4.78 is 13.0. The zero-order valence-electron chi connectivity index (χ0n) is 22.0. The van der Waals surface area contributed by atoms with Crippen LogP contribution in [0.25, 0.3) is 0 Å². The molecule has 1 aliphatic rings. The second-order valence-corrected chi connectivity index (χ2v) is 10.0. The molecule has 36 heavy (non-hydrogen) atoms. The van der Waals surface area contributed by atoms with Gasteiger partial charge in [0.2, 0.25) is 11.8 Å². The quantitative estimate of drug-likeness (QED) is 0.299. The molecule has 5 nitrogen and oxygen atoms in total. The zero-order valence-corrected chi connectivity index (χ0v) is 22.0. The van der Waals surface area contributed by atoms with E-state index in [9.17, 15) is 19.1 Å². The van der Waals surface area contributed by atoms with E-state index in [2.05, 4.69) is 43.6 Å². The number of carbonyl (C=O) groups excluding carboxylic acids is 2. The van der Waals surface area contributed by atoms with Gasteiger partial charge in [0.25, 0.3) is 0 Å². The summed E-state index contributed by atoms with van der Waals surface area (Å²) in [6.07, 6.45) is 15.0. The molecule has 0 aliphatic heterocycles. The molecule has 0 spiro atoms. The lowest BCUT2D eigenvalue weighted by Gasteiger charge is -2.32. The Morgan fingerprint density at radius 2 is 1.83 bits per heavy atom. The van der Waals surface area contributed by atoms with E-state index in [0.29, 0.717) is 11.1 Å². The predicted molar refractivity (Wildman–Crippen MR) is 143 cm³/mol. The van der Waals surface area contributed by atoms with Gasteiger partial charge in [0.1, 0.15) is 11.9 Å². The molecule has 1 aromatic carbocycles. The monoisotopic (exact) mass is 494 g/mol. The highest BCUT2D eigenvalue weighted by Gasteiger charge is 2.26. The fraction of sp³-hybridized carbons (Fsp3) is 0.400. The van der Waals surface area contributed by atoms with Crippen molar-refractivity contribution < 1.29 is 19.1 Å². The molecule has 3 N–H and O–H groups in total. The van der Waals surface area contributed by atoms with Crippen LogP contribution < -0.4 is 10.6 Å². The summed E-state index contributed by atoms with van der Waals surface area (Å²) in [4.78, 5) is 24.6. The Morgan fingerprint density at radius 1 is 1.14 bits per heavy atom. The second kappa shape index (κ2) is 13.7. The van der Waals surface area contributed by atoms with Gasteiger partial charge in [-0.2, -0.15) is 0 Å². The molecule has 1 aromatic rings. The fourth-order valence-corrected chi connectivity index (χ4v) is 4.21. The number of benzene rings is 1. The summed E-state index contributed by atoms with van der Waals surface area (Å²) in [7, 11) is 0. The number of nitrogens with one attached hydrogen (secondary N) is 2. The number of hydrogen-bond acceptors (Lipinski definition) is 3. The first-order valence-corrected chi connectivity index (χ1v) is 12.4. The number of aliphatic hydroxyl groups is 1. The Bertz CT molecular complexity index is 1080. The molecule has 0 aromatic heterocycles. The number of hydrogen-bond donors (Lipinski definition) is 3. The second-order valence-electron chi connectivity index (χ2n) is 10.0. The molecule has 194 valence electrons. The van der Waals surface area contributed by atoms with E-state index in [1.54, 1.807) is 19.1 Å². The molecule has 0 saturated carbocycles. The van der Waals surface area contributed by atoms with Crippen LogP contribution >= 0.6 is 0 Å². The molecule has 0 heterocycles. The summed E-state index contributed by atoms with van der Waals surface area (Å²) in [5.41, 5.74) is 5.59. The highest BCUT2D eigenvalue weighted by Crippen LogP contribution is 2.40. The van der Waals surface area contributed by atoms with E-state index in [0.717, 1.165) is 12.0 Å². The van der Waals surface area contributed by atoms with Crippen molar-refractivity contribution in [2.45, 2.75) is 66.5 Å². The Balaban J connectivity index is 1.89. The summed E-state index contributed by atoms with van der Waals surface area (Å²) in [5.74, 6) is -1.36. The molecule has 2 rings (SSSR count). The third-order valence-corrected chi connectivity index (χ3v) is 6.33. The lowest BCUT2D eigenvalue weighted by Crippen LogP contribution is -2.48. The first-order valence-electron chi connectivity index (χ1n) is 12.4. The highest BCUT2D eigenvalue weighted by atomic mass is 19.1. The predicted octanol–water partition coefficient (Wildman–Crippen LogP) is 5.45.